The van der Waals surface area contributed by atoms with Crippen molar-refractivity contribution in [3.63, 3.8) is 0 Å². The third-order valence-electron chi connectivity index (χ3n) is 4.99. The lowest BCUT2D eigenvalue weighted by Gasteiger charge is -2.30. The van der Waals surface area contributed by atoms with Crippen LogP contribution >= 0.6 is 0 Å². The van der Waals surface area contributed by atoms with Crippen molar-refractivity contribution in [1.82, 2.24) is 9.80 Å². The van der Waals surface area contributed by atoms with Crippen LogP contribution in [0.25, 0.3) is 0 Å². The predicted molar refractivity (Wildman–Crippen MR) is 98.9 cm³/mol. The molecule has 7 nitrogen and oxygen atoms in total. The molecule has 2 rings (SSSR count). The smallest absolute Gasteiger partial charge is 0.269 e. The number of amides is 1. The largest absolute Gasteiger partial charge is 0.369 e. The summed E-state index contributed by atoms with van der Waals surface area (Å²) in [6, 6.07) is 6.84. The molecule has 0 bridgehead atoms. The Labute approximate surface area is 149 Å². The van der Waals surface area contributed by atoms with Crippen molar-refractivity contribution in [2.24, 2.45) is 0 Å². The van der Waals surface area contributed by atoms with Crippen LogP contribution in [0.3, 0.4) is 0 Å². The quantitative estimate of drug-likeness (QED) is 0.533. The van der Waals surface area contributed by atoms with Gasteiger partial charge in [-0.15, -0.1) is 0 Å². The molecule has 7 heteroatoms. The number of nitro groups is 1. The first-order valence-corrected chi connectivity index (χ1v) is 8.95. The van der Waals surface area contributed by atoms with Crippen LogP contribution in [0.4, 0.5) is 11.4 Å². The van der Waals surface area contributed by atoms with E-state index >= 15 is 0 Å². The number of rotatable bonds is 8. The predicted octanol–water partition coefficient (Wildman–Crippen LogP) is 2.36. The molecule has 0 saturated carbocycles. The van der Waals surface area contributed by atoms with Gasteiger partial charge in [0.2, 0.25) is 5.91 Å². The second-order valence-corrected chi connectivity index (χ2v) is 6.40. The summed E-state index contributed by atoms with van der Waals surface area (Å²) in [5.41, 5.74) is 1.07. The highest BCUT2D eigenvalue weighted by Gasteiger charge is 2.29. The number of carbonyl (C=O) groups is 1. The average molecular weight is 348 g/mol. The molecule has 0 N–H and O–H groups in total. The highest BCUT2D eigenvalue weighted by molar-refractivity contribution is 5.74. The summed E-state index contributed by atoms with van der Waals surface area (Å²) >= 11 is 0. The first kappa shape index (κ1) is 19.2. The Morgan fingerprint density at radius 3 is 2.40 bits per heavy atom. The fourth-order valence-electron chi connectivity index (χ4n) is 3.40. The fourth-order valence-corrected chi connectivity index (χ4v) is 3.40. The van der Waals surface area contributed by atoms with Gasteiger partial charge in [0.1, 0.15) is 0 Å². The first-order valence-electron chi connectivity index (χ1n) is 8.95. The summed E-state index contributed by atoms with van der Waals surface area (Å²) in [6.45, 7) is 11.1. The molecule has 1 unspecified atom stereocenters. The fraction of sp³-hybridized carbons (Fsp3) is 0.611. The molecule has 1 saturated heterocycles. The molecule has 138 valence electrons. The van der Waals surface area contributed by atoms with E-state index in [0.29, 0.717) is 0 Å². The van der Waals surface area contributed by atoms with E-state index in [0.717, 1.165) is 51.4 Å². The number of nitro benzene ring substituents is 1. The number of hydrogen-bond donors (Lipinski definition) is 0. The first-order chi connectivity index (χ1) is 12.0. The van der Waals surface area contributed by atoms with Gasteiger partial charge < -0.3 is 14.7 Å². The number of anilines is 1. The zero-order valence-corrected chi connectivity index (χ0v) is 15.4. The Balaban J connectivity index is 1.98. The minimum Gasteiger partial charge on any atom is -0.369 e. The lowest BCUT2D eigenvalue weighted by Crippen LogP contribution is -2.45. The van der Waals surface area contributed by atoms with E-state index in [1.165, 1.54) is 12.1 Å². The van der Waals surface area contributed by atoms with Gasteiger partial charge in [-0.2, -0.15) is 0 Å². The minimum atomic E-state index is -0.388. The van der Waals surface area contributed by atoms with E-state index in [2.05, 4.69) is 23.6 Å². The van der Waals surface area contributed by atoms with Gasteiger partial charge in [-0.3, -0.25) is 14.9 Å². The molecule has 1 aliphatic rings. The van der Waals surface area contributed by atoms with Gasteiger partial charge in [-0.05, 0) is 31.6 Å². The zero-order chi connectivity index (χ0) is 18.4. The van der Waals surface area contributed by atoms with Gasteiger partial charge in [0, 0.05) is 50.9 Å². The molecule has 1 fully saturated rings. The summed E-state index contributed by atoms with van der Waals surface area (Å²) in [7, 11) is 0. The van der Waals surface area contributed by atoms with E-state index in [4.69, 9.17) is 0 Å². The molecule has 1 aliphatic heterocycles. The van der Waals surface area contributed by atoms with Gasteiger partial charge in [-0.1, -0.05) is 13.8 Å². The Kier molecular flexibility index (Phi) is 6.75. The van der Waals surface area contributed by atoms with Crippen molar-refractivity contribution >= 4 is 17.3 Å². The van der Waals surface area contributed by atoms with E-state index < -0.39 is 0 Å². The van der Waals surface area contributed by atoms with Gasteiger partial charge in [0.05, 0.1) is 11.0 Å². The highest BCUT2D eigenvalue weighted by atomic mass is 16.6. The van der Waals surface area contributed by atoms with Crippen LogP contribution < -0.4 is 4.90 Å². The van der Waals surface area contributed by atoms with Gasteiger partial charge in [0.15, 0.2) is 0 Å². The number of benzene rings is 1. The summed E-state index contributed by atoms with van der Waals surface area (Å²) in [4.78, 5) is 29.0. The molecule has 25 heavy (non-hydrogen) atoms. The van der Waals surface area contributed by atoms with Crippen molar-refractivity contribution in [2.45, 2.75) is 33.2 Å². The third kappa shape index (κ3) is 4.92. The van der Waals surface area contributed by atoms with Gasteiger partial charge >= 0.3 is 0 Å². The maximum absolute atomic E-state index is 12.1. The number of non-ortho nitro benzene ring substituents is 1. The molecule has 0 aliphatic carbocycles. The number of nitrogens with zero attached hydrogens (tertiary/aromatic N) is 4. The van der Waals surface area contributed by atoms with Gasteiger partial charge in [0.25, 0.3) is 5.69 Å². The Morgan fingerprint density at radius 1 is 1.24 bits per heavy atom. The highest BCUT2D eigenvalue weighted by Crippen LogP contribution is 2.25. The summed E-state index contributed by atoms with van der Waals surface area (Å²) in [6.07, 6.45) is 0.925. The number of hydrogen-bond acceptors (Lipinski definition) is 5. The second-order valence-electron chi connectivity index (χ2n) is 6.40. The van der Waals surface area contributed by atoms with E-state index in [-0.39, 0.29) is 22.6 Å². The monoisotopic (exact) mass is 348 g/mol. The van der Waals surface area contributed by atoms with Crippen LogP contribution in [0.15, 0.2) is 24.3 Å². The number of likely N-dealkylation sites (N-methyl/N-ethyl adjacent to an activating group) is 1. The lowest BCUT2D eigenvalue weighted by molar-refractivity contribution is -0.384. The molecule has 1 aromatic carbocycles. The molecular formula is C18H28N4O3. The molecule has 1 heterocycles. The van der Waals surface area contributed by atoms with Crippen molar-refractivity contribution in [3.05, 3.63) is 34.4 Å². The molecular weight excluding hydrogens is 320 g/mol. The third-order valence-corrected chi connectivity index (χ3v) is 4.99. The molecule has 1 aromatic rings. The van der Waals surface area contributed by atoms with Crippen molar-refractivity contribution in [2.75, 3.05) is 44.2 Å². The Morgan fingerprint density at radius 2 is 1.88 bits per heavy atom. The van der Waals surface area contributed by atoms with Crippen LogP contribution in [0.2, 0.25) is 0 Å². The molecule has 1 amide bonds. The Hall–Kier alpha value is -2.15. The summed E-state index contributed by atoms with van der Waals surface area (Å²) in [5, 5.41) is 10.8. The maximum atomic E-state index is 12.1. The maximum Gasteiger partial charge on any atom is 0.269 e. The van der Waals surface area contributed by atoms with Crippen LogP contribution in [0, 0.1) is 10.1 Å². The number of carbonyl (C=O) groups excluding carboxylic acids is 1. The second kappa shape index (κ2) is 8.80. The molecule has 1 atom stereocenters. The van der Waals surface area contributed by atoms with E-state index in [9.17, 15) is 14.9 Å². The Bertz CT molecular complexity index is 586. The standard InChI is InChI=1S/C18H28N4O3/c1-4-19(5-2)12-13-21(15(3)23)18-10-11-20(14-18)16-6-8-17(9-7-16)22(24)25/h6-9,18H,4-5,10-14H2,1-3H3. The van der Waals surface area contributed by atoms with Crippen LogP contribution in [-0.2, 0) is 4.79 Å². The minimum absolute atomic E-state index is 0.101. The van der Waals surface area contributed by atoms with Crippen LogP contribution in [0.1, 0.15) is 27.2 Å². The SMILES string of the molecule is CCN(CC)CCN(C(C)=O)C1CCN(c2ccc([N+](=O)[O-])cc2)C1. The molecule has 0 spiro atoms. The van der Waals surface area contributed by atoms with E-state index in [1.54, 1.807) is 19.1 Å². The molecule has 0 aromatic heterocycles. The van der Waals surface area contributed by atoms with Crippen molar-refractivity contribution < 1.29 is 9.72 Å². The van der Waals surface area contributed by atoms with Gasteiger partial charge in [-0.25, -0.2) is 0 Å². The van der Waals surface area contributed by atoms with E-state index in [1.807, 2.05) is 4.90 Å². The van der Waals surface area contributed by atoms with Crippen LogP contribution in [0.5, 0.6) is 0 Å². The lowest BCUT2D eigenvalue weighted by atomic mass is 10.2. The average Bonchev–Trinajstić information content (AvgIpc) is 3.08. The van der Waals surface area contributed by atoms with Crippen LogP contribution in [-0.4, -0.2) is 65.9 Å². The topological polar surface area (TPSA) is 69.9 Å². The zero-order valence-electron chi connectivity index (χ0n) is 15.4. The van der Waals surface area contributed by atoms with Crippen molar-refractivity contribution in [3.8, 4) is 0 Å². The normalized spacial score (nSPS) is 17.1. The molecule has 0 radical (unpaired) electrons. The van der Waals surface area contributed by atoms with Crippen molar-refractivity contribution in [1.29, 1.82) is 0 Å². The summed E-state index contributed by atoms with van der Waals surface area (Å²) < 4.78 is 0. The summed E-state index contributed by atoms with van der Waals surface area (Å²) in [5.74, 6) is 0.114.